The summed E-state index contributed by atoms with van der Waals surface area (Å²) < 4.78 is 12.4. The molecule has 10 atom stereocenters. The van der Waals surface area contributed by atoms with Crippen LogP contribution in [-0.4, -0.2) is 45.2 Å². The monoisotopic (exact) mass is 458 g/mol. The molecule has 0 amide bonds. The first-order valence-corrected chi connectivity index (χ1v) is 12.1. The van der Waals surface area contributed by atoms with Gasteiger partial charge in [-0.2, -0.15) is 0 Å². The summed E-state index contributed by atoms with van der Waals surface area (Å²) in [6.45, 7) is 8.18. The number of carbonyl (C=O) groups is 2. The number of Topliss-reactive ketones (excluding diaryl/α,β-unsaturated/α-hetero) is 2. The summed E-state index contributed by atoms with van der Waals surface area (Å²) in [5.74, 6) is -1.13. The molecule has 0 spiro atoms. The second-order valence-electron chi connectivity index (χ2n) is 11.9. The highest BCUT2D eigenvalue weighted by molar-refractivity contribution is 6.10. The molecule has 4 fully saturated rings. The number of rotatable bonds is 0. The van der Waals surface area contributed by atoms with Gasteiger partial charge in [0.25, 0.3) is 0 Å². The van der Waals surface area contributed by atoms with E-state index in [-0.39, 0.29) is 11.8 Å². The van der Waals surface area contributed by atoms with E-state index in [0.29, 0.717) is 11.5 Å². The predicted octanol–water partition coefficient (Wildman–Crippen LogP) is 2.16. The van der Waals surface area contributed by atoms with Gasteiger partial charge in [-0.15, -0.1) is 0 Å². The molecule has 0 saturated heterocycles. The molecule has 0 bridgehead atoms. The number of aryl methyl sites for hydroxylation is 2. The lowest BCUT2D eigenvalue weighted by Crippen LogP contribution is -2.99. The van der Waals surface area contributed by atoms with Crippen molar-refractivity contribution in [1.82, 2.24) is 0 Å². The first-order chi connectivity index (χ1) is 16.0. The van der Waals surface area contributed by atoms with Crippen LogP contribution in [-0.2, 0) is 20.4 Å². The van der Waals surface area contributed by atoms with E-state index in [1.165, 1.54) is 0 Å². The van der Waals surface area contributed by atoms with Gasteiger partial charge in [-0.3, -0.25) is 9.59 Å². The summed E-state index contributed by atoms with van der Waals surface area (Å²) in [6, 6.07) is 11.8. The van der Waals surface area contributed by atoms with Crippen molar-refractivity contribution in [2.45, 2.75) is 61.9 Å². The third-order valence-corrected chi connectivity index (χ3v) is 10.7. The molecule has 6 heteroatoms. The summed E-state index contributed by atoms with van der Waals surface area (Å²) in [4.78, 5) is 27.7. The quantitative estimate of drug-likeness (QED) is 0.629. The molecular formula is C28H26O6. The number of hydrogen-bond donors (Lipinski definition) is 2. The molecule has 0 aromatic heterocycles. The van der Waals surface area contributed by atoms with Crippen molar-refractivity contribution in [1.29, 1.82) is 0 Å². The number of carbonyl (C=O) groups excluding carboxylic acids is 2. The summed E-state index contributed by atoms with van der Waals surface area (Å²) in [5, 5.41) is 23.7. The lowest BCUT2D eigenvalue weighted by molar-refractivity contribution is -0.393. The number of aliphatic hydroxyl groups is 2. The number of ether oxygens (including phenoxy) is 2. The summed E-state index contributed by atoms with van der Waals surface area (Å²) in [7, 11) is 0. The Morgan fingerprint density at radius 3 is 1.44 bits per heavy atom. The van der Waals surface area contributed by atoms with Crippen molar-refractivity contribution < 1.29 is 29.3 Å². The molecule has 2 aliphatic heterocycles. The fraction of sp³-hybridized carbons (Fsp3) is 0.500. The minimum Gasteiger partial charge on any atom is -0.481 e. The Kier molecular flexibility index (Phi) is 2.95. The maximum atomic E-state index is 13.9. The minimum atomic E-state index is -2.15. The first kappa shape index (κ1) is 19.6. The molecule has 2 aromatic carbocycles. The standard InChI is InChI=1S/C28H26O6/c1-11-5-7-15-13(9-11)25(3)17-18-20-19(17)27(31,21(29)23(25)33-15)28(20,32)22(30)24-26(18,4)14-10-12(2)6-8-16(14)34-24/h5-10,17-20,23-24,31-32H,1-4H3/t17?,18?,19?,20?,23-,24-,25+,26+,27?,28?/m0/s1. The Labute approximate surface area is 196 Å². The highest BCUT2D eigenvalue weighted by atomic mass is 16.5. The lowest BCUT2D eigenvalue weighted by atomic mass is 9.20. The fourth-order valence-corrected chi connectivity index (χ4v) is 9.27. The predicted molar refractivity (Wildman–Crippen MR) is 120 cm³/mol. The molecule has 6 aliphatic rings. The van der Waals surface area contributed by atoms with Gasteiger partial charge in [-0.05, 0) is 37.8 Å². The Morgan fingerprint density at radius 1 is 0.676 bits per heavy atom. The normalized spacial score (nSPS) is 49.9. The maximum Gasteiger partial charge on any atom is 0.209 e. The second-order valence-corrected chi connectivity index (χ2v) is 11.9. The van der Waals surface area contributed by atoms with Crippen LogP contribution in [0.15, 0.2) is 36.4 Å². The van der Waals surface area contributed by atoms with E-state index in [0.717, 1.165) is 22.3 Å². The van der Waals surface area contributed by atoms with E-state index >= 15 is 0 Å². The summed E-state index contributed by atoms with van der Waals surface area (Å²) in [6.07, 6.45) is -1.89. The van der Waals surface area contributed by atoms with Gasteiger partial charge in [0.2, 0.25) is 11.6 Å². The molecule has 2 heterocycles. The van der Waals surface area contributed by atoms with E-state index in [1.54, 1.807) is 0 Å². The van der Waals surface area contributed by atoms with Gasteiger partial charge in [0.05, 0.1) is 0 Å². The van der Waals surface area contributed by atoms with Crippen LogP contribution in [0.4, 0.5) is 0 Å². The zero-order chi connectivity index (χ0) is 23.7. The van der Waals surface area contributed by atoms with Crippen LogP contribution in [0.1, 0.15) is 36.1 Å². The Bertz CT molecular complexity index is 1290. The lowest BCUT2D eigenvalue weighted by Gasteiger charge is -2.82. The van der Waals surface area contributed by atoms with Crippen LogP contribution >= 0.6 is 0 Å². The zero-order valence-electron chi connectivity index (χ0n) is 19.5. The van der Waals surface area contributed by atoms with Crippen LogP contribution in [0.25, 0.3) is 0 Å². The number of ketones is 2. The van der Waals surface area contributed by atoms with Crippen LogP contribution in [0, 0.1) is 37.5 Å². The molecule has 2 aromatic rings. The van der Waals surface area contributed by atoms with Gasteiger partial charge < -0.3 is 19.7 Å². The maximum absolute atomic E-state index is 13.9. The number of hydrogen-bond acceptors (Lipinski definition) is 6. The molecule has 8 rings (SSSR count). The number of fused-ring (bicyclic) bond motifs is 10. The van der Waals surface area contributed by atoms with E-state index < -0.39 is 57.6 Å². The van der Waals surface area contributed by atoms with Crippen molar-refractivity contribution in [2.75, 3.05) is 0 Å². The number of benzene rings is 2. The molecule has 174 valence electrons. The fourth-order valence-electron chi connectivity index (χ4n) is 9.27. The molecule has 0 radical (unpaired) electrons. The molecule has 6 nitrogen and oxygen atoms in total. The molecule has 4 saturated carbocycles. The van der Waals surface area contributed by atoms with Crippen molar-refractivity contribution >= 4 is 11.6 Å². The molecule has 2 N–H and O–H groups in total. The van der Waals surface area contributed by atoms with Crippen molar-refractivity contribution in [2.24, 2.45) is 23.7 Å². The van der Waals surface area contributed by atoms with Crippen LogP contribution in [0.3, 0.4) is 0 Å². The SMILES string of the molecule is Cc1ccc2c(c1)[C@]1(C)C3C4C5C3[C@@]3(C)c6cc(C)ccc6O[C@H]3C(=O)C5(O)C4(O)C(=O)[C@@H]1O2. The zero-order valence-corrected chi connectivity index (χ0v) is 19.5. The highest BCUT2D eigenvalue weighted by Gasteiger charge is 2.96. The smallest absolute Gasteiger partial charge is 0.209 e. The van der Waals surface area contributed by atoms with Gasteiger partial charge in [-0.25, -0.2) is 0 Å². The van der Waals surface area contributed by atoms with Crippen LogP contribution in [0.5, 0.6) is 11.5 Å². The Hall–Kier alpha value is -2.70. The topological polar surface area (TPSA) is 93.1 Å². The molecular weight excluding hydrogens is 432 g/mol. The van der Waals surface area contributed by atoms with Gasteiger partial charge in [0, 0.05) is 33.8 Å². The average Bonchev–Trinajstić information content (AvgIpc) is 3.23. The largest absolute Gasteiger partial charge is 0.481 e. The van der Waals surface area contributed by atoms with E-state index in [2.05, 4.69) is 26.0 Å². The minimum absolute atomic E-state index is 0.149. The van der Waals surface area contributed by atoms with Crippen LogP contribution in [0.2, 0.25) is 0 Å². The van der Waals surface area contributed by atoms with Crippen molar-refractivity contribution in [3.63, 3.8) is 0 Å². The van der Waals surface area contributed by atoms with Gasteiger partial charge in [0.15, 0.2) is 23.4 Å². The van der Waals surface area contributed by atoms with Gasteiger partial charge >= 0.3 is 0 Å². The van der Waals surface area contributed by atoms with E-state index in [1.807, 2.05) is 38.1 Å². The van der Waals surface area contributed by atoms with Crippen molar-refractivity contribution in [3.8, 4) is 11.5 Å². The van der Waals surface area contributed by atoms with Gasteiger partial charge in [0.1, 0.15) is 11.5 Å². The first-order valence-electron chi connectivity index (χ1n) is 12.1. The summed E-state index contributed by atoms with van der Waals surface area (Å²) >= 11 is 0. The Balaban J connectivity index is 1.41. The molecule has 4 aliphatic carbocycles. The Morgan fingerprint density at radius 2 is 1.06 bits per heavy atom. The van der Waals surface area contributed by atoms with E-state index in [4.69, 9.17) is 9.47 Å². The second kappa shape index (κ2) is 5.12. The van der Waals surface area contributed by atoms with Gasteiger partial charge in [-0.1, -0.05) is 49.2 Å². The van der Waals surface area contributed by atoms with E-state index in [9.17, 15) is 19.8 Å². The van der Waals surface area contributed by atoms with Crippen molar-refractivity contribution in [3.05, 3.63) is 58.7 Å². The molecule has 34 heavy (non-hydrogen) atoms. The highest BCUT2D eigenvalue weighted by Crippen LogP contribution is 2.83. The third-order valence-electron chi connectivity index (χ3n) is 10.7. The third kappa shape index (κ3) is 1.52. The molecule has 6 unspecified atom stereocenters. The summed E-state index contributed by atoms with van der Waals surface area (Å²) in [5.41, 5.74) is -1.52. The van der Waals surface area contributed by atoms with Crippen LogP contribution < -0.4 is 9.47 Å². The average molecular weight is 459 g/mol.